The number of carbonyl (C=O) groups is 1. The Morgan fingerprint density at radius 3 is 3.00 bits per heavy atom. The van der Waals surface area contributed by atoms with Gasteiger partial charge in [0, 0.05) is 12.4 Å². The Morgan fingerprint density at radius 2 is 2.14 bits per heavy atom. The van der Waals surface area contributed by atoms with Crippen LogP contribution in [0.4, 0.5) is 0 Å². The average Bonchev–Trinajstić information content (AvgIpc) is 2.26. The molecular weight excluding hydrogens is 182 g/mol. The maximum atomic E-state index is 10.0. The zero-order valence-electron chi connectivity index (χ0n) is 7.21. The van der Waals surface area contributed by atoms with Gasteiger partial charge in [0.2, 0.25) is 6.41 Å². The minimum atomic E-state index is 0.302. The van der Waals surface area contributed by atoms with E-state index in [0.29, 0.717) is 29.9 Å². The Hall–Kier alpha value is -2.11. The second-order valence-corrected chi connectivity index (χ2v) is 2.55. The Morgan fingerprint density at radius 1 is 1.29 bits per heavy atom. The largest absolute Gasteiger partial charge is 0.351 e. The molecule has 2 aromatic heterocycles. The maximum absolute atomic E-state index is 10.0. The predicted octanol–water partition coefficient (Wildman–Crippen LogP) is -0.334. The molecule has 2 aromatic rings. The highest BCUT2D eigenvalue weighted by atomic mass is 16.1. The summed E-state index contributed by atoms with van der Waals surface area (Å²) in [7, 11) is 0. The number of rotatable bonds is 3. The van der Waals surface area contributed by atoms with E-state index < -0.39 is 0 Å². The number of nitrogens with one attached hydrogen (secondary N) is 1. The van der Waals surface area contributed by atoms with Crippen molar-refractivity contribution in [2.24, 2.45) is 0 Å². The molecule has 0 saturated carbocycles. The van der Waals surface area contributed by atoms with Crippen LogP contribution < -0.4 is 5.32 Å². The van der Waals surface area contributed by atoms with Crippen molar-refractivity contribution in [3.05, 3.63) is 24.4 Å². The van der Waals surface area contributed by atoms with Gasteiger partial charge >= 0.3 is 0 Å². The second kappa shape index (κ2) is 3.73. The number of fused-ring (bicyclic) bond motifs is 1. The van der Waals surface area contributed by atoms with E-state index in [1.807, 2.05) is 0 Å². The molecule has 1 N–H and O–H groups in total. The molecule has 2 heterocycles. The molecule has 6 nitrogen and oxygen atoms in total. The first kappa shape index (κ1) is 8.49. The van der Waals surface area contributed by atoms with Crippen LogP contribution in [0.1, 0.15) is 5.82 Å². The Balaban J connectivity index is 2.36. The van der Waals surface area contributed by atoms with Crippen molar-refractivity contribution < 1.29 is 4.79 Å². The van der Waals surface area contributed by atoms with Crippen molar-refractivity contribution in [3.63, 3.8) is 0 Å². The molecule has 0 aliphatic heterocycles. The molecule has 0 fully saturated rings. The summed E-state index contributed by atoms with van der Waals surface area (Å²) in [6, 6.07) is 0. The lowest BCUT2D eigenvalue weighted by molar-refractivity contribution is -0.109. The Kier molecular flexibility index (Phi) is 2.26. The topological polar surface area (TPSA) is 80.7 Å². The van der Waals surface area contributed by atoms with Gasteiger partial charge in [-0.1, -0.05) is 0 Å². The van der Waals surface area contributed by atoms with Crippen molar-refractivity contribution in [2.45, 2.75) is 6.54 Å². The molecule has 0 aromatic carbocycles. The molecule has 0 aliphatic rings. The summed E-state index contributed by atoms with van der Waals surface area (Å²) < 4.78 is 0. The highest BCUT2D eigenvalue weighted by Gasteiger charge is 1.99. The molecule has 14 heavy (non-hydrogen) atoms. The standard InChI is InChI=1S/C8H7N5O/c14-5-9-4-7-12-3-6-8(13-7)11-2-1-10-6/h1-3,5H,4H2,(H,9,14). The van der Waals surface area contributed by atoms with Crippen LogP contribution >= 0.6 is 0 Å². The molecule has 2 rings (SSSR count). The van der Waals surface area contributed by atoms with Gasteiger partial charge in [0.1, 0.15) is 11.3 Å². The number of hydrogen-bond acceptors (Lipinski definition) is 5. The van der Waals surface area contributed by atoms with E-state index in [-0.39, 0.29) is 0 Å². The van der Waals surface area contributed by atoms with Crippen LogP contribution in [0.15, 0.2) is 18.6 Å². The maximum Gasteiger partial charge on any atom is 0.207 e. The summed E-state index contributed by atoms with van der Waals surface area (Å²) in [5.41, 5.74) is 1.17. The van der Waals surface area contributed by atoms with Crippen LogP contribution in [0.3, 0.4) is 0 Å². The SMILES string of the molecule is O=CNCc1ncc2nccnc2n1. The molecule has 6 heteroatoms. The fourth-order valence-electron chi connectivity index (χ4n) is 1.02. The monoisotopic (exact) mass is 189 g/mol. The number of aromatic nitrogens is 4. The first-order valence-electron chi connectivity index (χ1n) is 4.00. The summed E-state index contributed by atoms with van der Waals surface area (Å²) in [5, 5.41) is 2.48. The average molecular weight is 189 g/mol. The Labute approximate surface area is 79.4 Å². The van der Waals surface area contributed by atoms with E-state index in [0.717, 1.165) is 0 Å². The first-order chi connectivity index (χ1) is 6.90. The molecule has 70 valence electrons. The first-order valence-corrected chi connectivity index (χ1v) is 4.00. The third kappa shape index (κ3) is 1.63. The van der Waals surface area contributed by atoms with Crippen LogP contribution in [-0.4, -0.2) is 26.3 Å². The summed E-state index contributed by atoms with van der Waals surface area (Å²) in [5.74, 6) is 0.519. The predicted molar refractivity (Wildman–Crippen MR) is 48.0 cm³/mol. The summed E-state index contributed by atoms with van der Waals surface area (Å²) in [6.07, 6.45) is 5.32. The third-order valence-corrected chi connectivity index (χ3v) is 1.62. The highest BCUT2D eigenvalue weighted by Crippen LogP contribution is 2.02. The third-order valence-electron chi connectivity index (χ3n) is 1.62. The van der Waals surface area contributed by atoms with Crippen molar-refractivity contribution >= 4 is 17.6 Å². The fraction of sp³-hybridized carbons (Fsp3) is 0.125. The zero-order chi connectivity index (χ0) is 9.80. The van der Waals surface area contributed by atoms with Crippen molar-refractivity contribution in [1.29, 1.82) is 0 Å². The van der Waals surface area contributed by atoms with Gasteiger partial charge in [-0.05, 0) is 0 Å². The molecule has 1 amide bonds. The van der Waals surface area contributed by atoms with Gasteiger partial charge in [-0.25, -0.2) is 19.9 Å². The number of hydrogen-bond donors (Lipinski definition) is 1. The lowest BCUT2D eigenvalue weighted by atomic mass is 10.5. The normalized spacial score (nSPS) is 10.0. The van der Waals surface area contributed by atoms with Crippen LogP contribution in [0, 0.1) is 0 Å². The van der Waals surface area contributed by atoms with E-state index in [1.54, 1.807) is 18.6 Å². The molecular formula is C8H7N5O. The number of nitrogens with zero attached hydrogens (tertiary/aromatic N) is 4. The molecule has 0 aliphatic carbocycles. The van der Waals surface area contributed by atoms with Crippen molar-refractivity contribution in [1.82, 2.24) is 25.3 Å². The van der Waals surface area contributed by atoms with Crippen molar-refractivity contribution in [3.8, 4) is 0 Å². The molecule has 0 bridgehead atoms. The van der Waals surface area contributed by atoms with Crippen LogP contribution in [0.2, 0.25) is 0 Å². The van der Waals surface area contributed by atoms with Crippen molar-refractivity contribution in [2.75, 3.05) is 0 Å². The molecule has 0 saturated heterocycles. The van der Waals surface area contributed by atoms with Crippen LogP contribution in [0.5, 0.6) is 0 Å². The highest BCUT2D eigenvalue weighted by molar-refractivity contribution is 5.67. The van der Waals surface area contributed by atoms with E-state index in [2.05, 4.69) is 25.3 Å². The molecule has 0 unspecified atom stereocenters. The van der Waals surface area contributed by atoms with Crippen LogP contribution in [-0.2, 0) is 11.3 Å². The quantitative estimate of drug-likeness (QED) is 0.668. The number of amides is 1. The molecule has 0 spiro atoms. The van der Waals surface area contributed by atoms with Gasteiger partial charge < -0.3 is 5.32 Å². The lowest BCUT2D eigenvalue weighted by Gasteiger charge is -1.98. The molecule has 0 radical (unpaired) electrons. The minimum absolute atomic E-state index is 0.302. The van der Waals surface area contributed by atoms with E-state index >= 15 is 0 Å². The van der Waals surface area contributed by atoms with Gasteiger partial charge in [-0.15, -0.1) is 0 Å². The van der Waals surface area contributed by atoms with Gasteiger partial charge in [-0.2, -0.15) is 0 Å². The van der Waals surface area contributed by atoms with E-state index in [9.17, 15) is 4.79 Å². The lowest BCUT2D eigenvalue weighted by Crippen LogP contribution is -2.12. The van der Waals surface area contributed by atoms with E-state index in [4.69, 9.17) is 0 Å². The van der Waals surface area contributed by atoms with Gasteiger partial charge in [-0.3, -0.25) is 4.79 Å². The fourth-order valence-corrected chi connectivity index (χ4v) is 1.02. The van der Waals surface area contributed by atoms with Crippen LogP contribution in [0.25, 0.3) is 11.2 Å². The second-order valence-electron chi connectivity index (χ2n) is 2.55. The van der Waals surface area contributed by atoms with Gasteiger partial charge in [0.15, 0.2) is 5.65 Å². The van der Waals surface area contributed by atoms with Gasteiger partial charge in [0.05, 0.1) is 12.7 Å². The zero-order valence-corrected chi connectivity index (χ0v) is 7.21. The number of carbonyl (C=O) groups excluding carboxylic acids is 1. The molecule has 0 atom stereocenters. The van der Waals surface area contributed by atoms with Gasteiger partial charge in [0.25, 0.3) is 0 Å². The minimum Gasteiger partial charge on any atom is -0.351 e. The summed E-state index contributed by atoms with van der Waals surface area (Å²) in [6.45, 7) is 0.302. The summed E-state index contributed by atoms with van der Waals surface area (Å²) >= 11 is 0. The summed E-state index contributed by atoms with van der Waals surface area (Å²) in [4.78, 5) is 26.2. The smallest absolute Gasteiger partial charge is 0.207 e. The Bertz CT molecular complexity index is 458. The van der Waals surface area contributed by atoms with E-state index in [1.165, 1.54) is 0 Å².